The van der Waals surface area contributed by atoms with E-state index in [0.29, 0.717) is 12.5 Å². The van der Waals surface area contributed by atoms with E-state index in [0.717, 1.165) is 11.7 Å². The van der Waals surface area contributed by atoms with Crippen LogP contribution in [0.2, 0.25) is 0 Å². The molecule has 0 saturated heterocycles. The molecule has 1 heterocycles. The highest BCUT2D eigenvalue weighted by atomic mass is 35.5. The van der Waals surface area contributed by atoms with Crippen molar-refractivity contribution in [3.63, 3.8) is 0 Å². The minimum atomic E-state index is 0.583. The van der Waals surface area contributed by atoms with Crippen molar-refractivity contribution in [1.82, 2.24) is 4.90 Å². The zero-order valence-electron chi connectivity index (χ0n) is 5.43. The normalized spacial score (nSPS) is 17.4. The Hall–Kier alpha value is -0.210. The second-order valence-corrected chi connectivity index (χ2v) is 2.68. The third kappa shape index (κ3) is 1.89. The molecule has 0 atom stereocenters. The summed E-state index contributed by atoms with van der Waals surface area (Å²) in [5.74, 6) is 0.583. The van der Waals surface area contributed by atoms with Crippen molar-refractivity contribution in [3.8, 4) is 0 Å². The Morgan fingerprint density at radius 1 is 1.70 bits per heavy atom. The number of nitrogens with zero attached hydrogens (tertiary/aromatic N) is 2. The smallest absolute Gasteiger partial charge is 0.110 e. The summed E-state index contributed by atoms with van der Waals surface area (Å²) in [6, 6.07) is 0. The van der Waals surface area contributed by atoms with Crippen LogP contribution in [0.3, 0.4) is 0 Å². The standard InChI is InChI=1S/C6H8Cl2N2/c7-2-4-10-5-9-3-1-6(10)8/h1,3H,2,4-5H2. The van der Waals surface area contributed by atoms with Gasteiger partial charge in [-0.25, -0.2) is 0 Å². The van der Waals surface area contributed by atoms with Gasteiger partial charge in [-0.15, -0.1) is 11.6 Å². The lowest BCUT2D eigenvalue weighted by molar-refractivity contribution is 0.397. The third-order valence-corrected chi connectivity index (χ3v) is 1.76. The molecule has 0 aromatic heterocycles. The van der Waals surface area contributed by atoms with Crippen LogP contribution in [0.1, 0.15) is 0 Å². The van der Waals surface area contributed by atoms with E-state index in [2.05, 4.69) is 4.99 Å². The van der Waals surface area contributed by atoms with Gasteiger partial charge in [0.2, 0.25) is 0 Å². The number of allylic oxidation sites excluding steroid dienone is 1. The van der Waals surface area contributed by atoms with Crippen LogP contribution < -0.4 is 0 Å². The van der Waals surface area contributed by atoms with Crippen molar-refractivity contribution in [2.45, 2.75) is 0 Å². The number of halogens is 2. The average Bonchev–Trinajstić information content (AvgIpc) is 1.94. The predicted octanol–water partition coefficient (Wildman–Crippen LogP) is 1.65. The lowest BCUT2D eigenvalue weighted by Crippen LogP contribution is -2.25. The van der Waals surface area contributed by atoms with Gasteiger partial charge in [-0.1, -0.05) is 11.6 Å². The van der Waals surface area contributed by atoms with Crippen molar-refractivity contribution in [2.24, 2.45) is 4.99 Å². The van der Waals surface area contributed by atoms with Crippen molar-refractivity contribution in [1.29, 1.82) is 0 Å². The minimum Gasteiger partial charge on any atom is -0.342 e. The first-order chi connectivity index (χ1) is 4.84. The van der Waals surface area contributed by atoms with Crippen LogP contribution in [-0.2, 0) is 0 Å². The van der Waals surface area contributed by atoms with Crippen molar-refractivity contribution in [3.05, 3.63) is 11.2 Å². The van der Waals surface area contributed by atoms with E-state index >= 15 is 0 Å². The molecule has 0 aromatic rings. The fourth-order valence-corrected chi connectivity index (χ4v) is 1.11. The summed E-state index contributed by atoms with van der Waals surface area (Å²) in [4.78, 5) is 5.92. The van der Waals surface area contributed by atoms with Gasteiger partial charge in [-0.05, 0) is 6.08 Å². The van der Waals surface area contributed by atoms with Gasteiger partial charge in [0.05, 0.1) is 0 Å². The molecule has 1 aliphatic heterocycles. The van der Waals surface area contributed by atoms with Crippen molar-refractivity contribution < 1.29 is 0 Å². The molecule has 0 aliphatic carbocycles. The Bertz CT molecular complexity index is 165. The lowest BCUT2D eigenvalue weighted by Gasteiger charge is -2.21. The number of aliphatic imine (C=N–C) groups is 1. The first-order valence-corrected chi connectivity index (χ1v) is 3.92. The zero-order valence-corrected chi connectivity index (χ0v) is 6.94. The van der Waals surface area contributed by atoms with E-state index in [9.17, 15) is 0 Å². The van der Waals surface area contributed by atoms with Crippen LogP contribution in [0.25, 0.3) is 0 Å². The molecule has 0 N–H and O–H groups in total. The highest BCUT2D eigenvalue weighted by Gasteiger charge is 2.06. The maximum absolute atomic E-state index is 5.80. The zero-order chi connectivity index (χ0) is 7.40. The first-order valence-electron chi connectivity index (χ1n) is 3.01. The molecule has 0 unspecified atom stereocenters. The first kappa shape index (κ1) is 7.89. The minimum absolute atomic E-state index is 0.583. The van der Waals surface area contributed by atoms with Crippen molar-refractivity contribution >= 4 is 29.4 Å². The van der Waals surface area contributed by atoms with E-state index in [1.807, 2.05) is 4.90 Å². The fourth-order valence-electron chi connectivity index (χ4n) is 0.712. The maximum atomic E-state index is 5.80. The second kappa shape index (κ2) is 3.84. The summed E-state index contributed by atoms with van der Waals surface area (Å²) in [7, 11) is 0. The van der Waals surface area contributed by atoms with Gasteiger partial charge in [-0.2, -0.15) is 0 Å². The highest BCUT2D eigenvalue weighted by Crippen LogP contribution is 2.11. The number of hydrogen-bond acceptors (Lipinski definition) is 2. The lowest BCUT2D eigenvalue weighted by atomic mass is 10.5. The molecular weight excluding hydrogens is 171 g/mol. The third-order valence-electron chi connectivity index (χ3n) is 1.23. The van der Waals surface area contributed by atoms with Crippen LogP contribution in [0.4, 0.5) is 0 Å². The molecule has 0 radical (unpaired) electrons. The molecule has 1 rings (SSSR count). The number of rotatable bonds is 2. The molecule has 2 nitrogen and oxygen atoms in total. The molecule has 0 aromatic carbocycles. The number of alkyl halides is 1. The second-order valence-electron chi connectivity index (χ2n) is 1.91. The largest absolute Gasteiger partial charge is 0.342 e. The van der Waals surface area contributed by atoms with Crippen LogP contribution in [-0.4, -0.2) is 30.2 Å². The van der Waals surface area contributed by atoms with E-state index < -0.39 is 0 Å². The molecule has 0 amide bonds. The van der Waals surface area contributed by atoms with Gasteiger partial charge in [0.15, 0.2) is 0 Å². The fraction of sp³-hybridized carbons (Fsp3) is 0.500. The maximum Gasteiger partial charge on any atom is 0.110 e. The van der Waals surface area contributed by atoms with Crippen molar-refractivity contribution in [2.75, 3.05) is 19.1 Å². The van der Waals surface area contributed by atoms with Gasteiger partial charge in [0.25, 0.3) is 0 Å². The van der Waals surface area contributed by atoms with E-state index in [1.54, 1.807) is 12.3 Å². The Balaban J connectivity index is 2.47. The van der Waals surface area contributed by atoms with E-state index in [1.165, 1.54) is 0 Å². The monoisotopic (exact) mass is 178 g/mol. The summed E-state index contributed by atoms with van der Waals surface area (Å²) in [6.45, 7) is 1.39. The topological polar surface area (TPSA) is 15.6 Å². The van der Waals surface area contributed by atoms with Crippen LogP contribution in [0.15, 0.2) is 16.2 Å². The molecular formula is C6H8Cl2N2. The average molecular weight is 179 g/mol. The molecule has 0 saturated carbocycles. The number of hydrogen-bond donors (Lipinski definition) is 0. The van der Waals surface area contributed by atoms with E-state index in [-0.39, 0.29) is 0 Å². The van der Waals surface area contributed by atoms with Crippen LogP contribution >= 0.6 is 23.2 Å². The Morgan fingerprint density at radius 2 is 2.50 bits per heavy atom. The van der Waals surface area contributed by atoms with Gasteiger partial charge < -0.3 is 4.90 Å². The Labute approximate surface area is 70.1 Å². The summed E-state index contributed by atoms with van der Waals surface area (Å²) in [5.41, 5.74) is 0. The predicted molar refractivity (Wildman–Crippen MR) is 44.7 cm³/mol. The summed E-state index contributed by atoms with van der Waals surface area (Å²) < 4.78 is 0. The van der Waals surface area contributed by atoms with E-state index in [4.69, 9.17) is 23.2 Å². The van der Waals surface area contributed by atoms with Gasteiger partial charge >= 0.3 is 0 Å². The molecule has 56 valence electrons. The Morgan fingerprint density at radius 3 is 3.10 bits per heavy atom. The molecule has 1 aliphatic rings. The SMILES string of the molecule is ClCCN1CN=CC=C1Cl. The summed E-state index contributed by atoms with van der Waals surface area (Å²) in [5, 5.41) is 0.718. The summed E-state index contributed by atoms with van der Waals surface area (Å²) >= 11 is 11.3. The molecule has 4 heteroatoms. The molecule has 0 bridgehead atoms. The molecule has 0 fully saturated rings. The van der Waals surface area contributed by atoms with Gasteiger partial charge in [0, 0.05) is 18.6 Å². The molecule has 0 spiro atoms. The van der Waals surface area contributed by atoms with Crippen LogP contribution in [0, 0.1) is 0 Å². The summed E-state index contributed by atoms with van der Waals surface area (Å²) in [6.07, 6.45) is 3.46. The highest BCUT2D eigenvalue weighted by molar-refractivity contribution is 6.30. The van der Waals surface area contributed by atoms with Gasteiger partial charge in [-0.3, -0.25) is 4.99 Å². The van der Waals surface area contributed by atoms with Crippen LogP contribution in [0.5, 0.6) is 0 Å². The van der Waals surface area contributed by atoms with Gasteiger partial charge in [0.1, 0.15) is 11.8 Å². The Kier molecular flexibility index (Phi) is 3.03. The molecule has 10 heavy (non-hydrogen) atoms. The quantitative estimate of drug-likeness (QED) is 0.464.